The van der Waals surface area contributed by atoms with Crippen LogP contribution in [0.25, 0.3) is 0 Å². The molecule has 0 unspecified atom stereocenters. The Morgan fingerprint density at radius 1 is 1.30 bits per heavy atom. The average Bonchev–Trinajstić information content (AvgIpc) is 2.35. The van der Waals surface area contributed by atoms with Gasteiger partial charge in [-0.15, -0.1) is 0 Å². The lowest BCUT2D eigenvalue weighted by Gasteiger charge is -2.20. The lowest BCUT2D eigenvalue weighted by molar-refractivity contribution is -0.385. The second kappa shape index (κ2) is 6.97. The van der Waals surface area contributed by atoms with Gasteiger partial charge in [-0.25, -0.2) is 4.79 Å². The number of likely N-dealkylation sites (N-methyl/N-ethyl adjacent to an activating group) is 2. The normalized spacial score (nSPS) is 11.1. The molecule has 0 aliphatic carbocycles. The third kappa shape index (κ3) is 4.29. The summed E-state index contributed by atoms with van der Waals surface area (Å²) in [6.45, 7) is 1.93. The van der Waals surface area contributed by atoms with Crippen molar-refractivity contribution in [3.63, 3.8) is 0 Å². The highest BCUT2D eigenvalue weighted by Gasteiger charge is 2.23. The molecule has 0 spiro atoms. The molecule has 1 rings (SSSR count). The zero-order chi connectivity index (χ0) is 15.3. The zero-order valence-corrected chi connectivity index (χ0v) is 11.9. The van der Waals surface area contributed by atoms with E-state index in [0.717, 1.165) is 13.1 Å². The van der Waals surface area contributed by atoms with Crippen LogP contribution >= 0.6 is 0 Å². The number of carboxylic acid groups (broad SMARTS) is 1. The second-order valence-electron chi connectivity index (χ2n) is 4.91. The van der Waals surface area contributed by atoms with Crippen LogP contribution in [0, 0.1) is 10.1 Å². The van der Waals surface area contributed by atoms with Crippen LogP contribution in [-0.2, 0) is 6.54 Å². The summed E-state index contributed by atoms with van der Waals surface area (Å²) < 4.78 is 0. The first-order valence-corrected chi connectivity index (χ1v) is 6.15. The molecule has 0 aliphatic rings. The summed E-state index contributed by atoms with van der Waals surface area (Å²) in [6.07, 6.45) is 0. The number of carboxylic acids is 1. The van der Waals surface area contributed by atoms with E-state index in [0.29, 0.717) is 12.1 Å². The standard InChI is InChI=1S/C13H19N3O4/c1-14(2)7-8-15(3)9-10-5-4-6-11(16(19)20)12(10)13(17)18/h4-6H,7-9H2,1-3H3,(H,17,18). The van der Waals surface area contributed by atoms with Gasteiger partial charge in [0.15, 0.2) is 0 Å². The molecule has 20 heavy (non-hydrogen) atoms. The fourth-order valence-corrected chi connectivity index (χ4v) is 1.86. The van der Waals surface area contributed by atoms with Gasteiger partial charge < -0.3 is 14.9 Å². The summed E-state index contributed by atoms with van der Waals surface area (Å²) in [5.74, 6) is -1.27. The van der Waals surface area contributed by atoms with Crippen molar-refractivity contribution >= 4 is 11.7 Å². The maximum atomic E-state index is 11.3. The number of nitrogens with zero attached hydrogens (tertiary/aromatic N) is 3. The molecule has 7 nitrogen and oxygen atoms in total. The maximum Gasteiger partial charge on any atom is 0.343 e. The van der Waals surface area contributed by atoms with Gasteiger partial charge in [-0.1, -0.05) is 12.1 Å². The van der Waals surface area contributed by atoms with Crippen LogP contribution in [0.4, 0.5) is 5.69 Å². The molecule has 1 N–H and O–H groups in total. The molecule has 0 aromatic heterocycles. The van der Waals surface area contributed by atoms with Crippen molar-refractivity contribution in [3.8, 4) is 0 Å². The lowest BCUT2D eigenvalue weighted by Crippen LogP contribution is -2.29. The summed E-state index contributed by atoms with van der Waals surface area (Å²) in [7, 11) is 5.75. The van der Waals surface area contributed by atoms with Crippen molar-refractivity contribution in [2.75, 3.05) is 34.2 Å². The SMILES string of the molecule is CN(C)CCN(C)Cc1cccc([N+](=O)[O-])c1C(=O)O. The number of rotatable bonds is 7. The van der Waals surface area contributed by atoms with E-state index < -0.39 is 10.9 Å². The van der Waals surface area contributed by atoms with Crippen LogP contribution in [0.3, 0.4) is 0 Å². The molecule has 7 heteroatoms. The van der Waals surface area contributed by atoms with Gasteiger partial charge in [-0.05, 0) is 26.7 Å². The van der Waals surface area contributed by atoms with E-state index in [1.165, 1.54) is 12.1 Å². The van der Waals surface area contributed by atoms with Gasteiger partial charge in [-0.2, -0.15) is 0 Å². The first kappa shape index (κ1) is 16.1. The maximum absolute atomic E-state index is 11.3. The Morgan fingerprint density at radius 2 is 1.95 bits per heavy atom. The minimum absolute atomic E-state index is 0.228. The number of aromatic carboxylic acids is 1. The molecule has 0 fully saturated rings. The largest absolute Gasteiger partial charge is 0.477 e. The third-order valence-electron chi connectivity index (χ3n) is 2.91. The van der Waals surface area contributed by atoms with Crippen molar-refractivity contribution in [2.24, 2.45) is 0 Å². The van der Waals surface area contributed by atoms with E-state index >= 15 is 0 Å². The van der Waals surface area contributed by atoms with Crippen molar-refractivity contribution in [1.29, 1.82) is 0 Å². The van der Waals surface area contributed by atoms with Gasteiger partial charge >= 0.3 is 5.97 Å². The number of carbonyl (C=O) groups is 1. The number of hydrogen-bond donors (Lipinski definition) is 1. The van der Waals surface area contributed by atoms with E-state index in [1.54, 1.807) is 6.07 Å². The Balaban J connectivity index is 2.97. The Kier molecular flexibility index (Phi) is 5.60. The summed E-state index contributed by atoms with van der Waals surface area (Å²) >= 11 is 0. The van der Waals surface area contributed by atoms with Crippen LogP contribution in [0.5, 0.6) is 0 Å². The first-order chi connectivity index (χ1) is 9.32. The van der Waals surface area contributed by atoms with Crippen LogP contribution in [0.15, 0.2) is 18.2 Å². The summed E-state index contributed by atoms with van der Waals surface area (Å²) in [5, 5.41) is 20.1. The Bertz CT molecular complexity index is 502. The van der Waals surface area contributed by atoms with Crippen molar-refractivity contribution in [2.45, 2.75) is 6.54 Å². The van der Waals surface area contributed by atoms with Crippen molar-refractivity contribution in [1.82, 2.24) is 9.80 Å². The third-order valence-corrected chi connectivity index (χ3v) is 2.91. The van der Waals surface area contributed by atoms with Crippen LogP contribution in [0.2, 0.25) is 0 Å². The molecule has 0 radical (unpaired) electrons. The molecule has 0 amide bonds. The second-order valence-corrected chi connectivity index (χ2v) is 4.91. The monoisotopic (exact) mass is 281 g/mol. The van der Waals surface area contributed by atoms with Crippen LogP contribution in [-0.4, -0.2) is 60.0 Å². The predicted octanol–water partition coefficient (Wildman–Crippen LogP) is 1.29. The summed E-state index contributed by atoms with van der Waals surface area (Å²) in [4.78, 5) is 25.5. The number of nitro groups is 1. The highest BCUT2D eigenvalue weighted by atomic mass is 16.6. The van der Waals surface area contributed by atoms with E-state index in [9.17, 15) is 20.0 Å². The van der Waals surface area contributed by atoms with E-state index in [2.05, 4.69) is 0 Å². The highest BCUT2D eigenvalue weighted by Crippen LogP contribution is 2.23. The smallest absolute Gasteiger partial charge is 0.343 e. The fraction of sp³-hybridized carbons (Fsp3) is 0.462. The summed E-state index contributed by atoms with van der Waals surface area (Å²) in [5.41, 5.74) is -0.141. The number of nitro benzene ring substituents is 1. The first-order valence-electron chi connectivity index (χ1n) is 6.15. The van der Waals surface area contributed by atoms with Gasteiger partial charge in [0.2, 0.25) is 0 Å². The molecule has 0 bridgehead atoms. The molecule has 0 saturated carbocycles. The zero-order valence-electron chi connectivity index (χ0n) is 11.9. The molecule has 0 heterocycles. The molecule has 0 aliphatic heterocycles. The topological polar surface area (TPSA) is 86.9 Å². The van der Waals surface area contributed by atoms with Gasteiger partial charge in [0, 0.05) is 25.7 Å². The molecule has 0 atom stereocenters. The van der Waals surface area contributed by atoms with Gasteiger partial charge in [0.1, 0.15) is 5.56 Å². The molecule has 1 aromatic rings. The van der Waals surface area contributed by atoms with Gasteiger partial charge in [-0.3, -0.25) is 10.1 Å². The predicted molar refractivity (Wildman–Crippen MR) is 74.9 cm³/mol. The van der Waals surface area contributed by atoms with Crippen LogP contribution in [0.1, 0.15) is 15.9 Å². The minimum Gasteiger partial charge on any atom is -0.477 e. The molecule has 110 valence electrons. The number of benzene rings is 1. The summed E-state index contributed by atoms with van der Waals surface area (Å²) in [6, 6.07) is 4.34. The van der Waals surface area contributed by atoms with Gasteiger partial charge in [0.25, 0.3) is 5.69 Å². The number of hydrogen-bond acceptors (Lipinski definition) is 5. The van der Waals surface area contributed by atoms with Crippen LogP contribution < -0.4 is 0 Å². The molecular weight excluding hydrogens is 262 g/mol. The fourth-order valence-electron chi connectivity index (χ4n) is 1.86. The Hall–Kier alpha value is -1.99. The van der Waals surface area contributed by atoms with Gasteiger partial charge in [0.05, 0.1) is 4.92 Å². The molecule has 0 saturated heterocycles. The Morgan fingerprint density at radius 3 is 2.45 bits per heavy atom. The highest BCUT2D eigenvalue weighted by molar-refractivity contribution is 5.94. The molecule has 1 aromatic carbocycles. The van der Waals surface area contributed by atoms with Crippen molar-refractivity contribution in [3.05, 3.63) is 39.4 Å². The lowest BCUT2D eigenvalue weighted by atomic mass is 10.0. The van der Waals surface area contributed by atoms with E-state index in [1.807, 2.05) is 30.9 Å². The average molecular weight is 281 g/mol. The van der Waals surface area contributed by atoms with E-state index in [4.69, 9.17) is 0 Å². The quantitative estimate of drug-likeness (QED) is 0.598. The molecular formula is C13H19N3O4. The van der Waals surface area contributed by atoms with Crippen molar-refractivity contribution < 1.29 is 14.8 Å². The van der Waals surface area contributed by atoms with E-state index in [-0.39, 0.29) is 11.3 Å². The Labute approximate surface area is 117 Å². The minimum atomic E-state index is -1.27.